The van der Waals surface area contributed by atoms with Gasteiger partial charge in [-0.2, -0.15) is 0 Å². The topological polar surface area (TPSA) is 38.1 Å². The molecule has 25 heavy (non-hydrogen) atoms. The second-order valence-electron chi connectivity index (χ2n) is 5.79. The zero-order chi connectivity index (χ0) is 17.4. The van der Waals surface area contributed by atoms with E-state index < -0.39 is 0 Å². The van der Waals surface area contributed by atoms with Gasteiger partial charge in [0.05, 0.1) is 21.6 Å². The fraction of sp³-hybridized carbons (Fsp3) is 0.158. The van der Waals surface area contributed by atoms with E-state index in [1.54, 1.807) is 11.8 Å². The molecule has 0 radical (unpaired) electrons. The molecule has 1 saturated heterocycles. The summed E-state index contributed by atoms with van der Waals surface area (Å²) < 4.78 is 2.88. The number of hydrogen-bond donors (Lipinski definition) is 0. The van der Waals surface area contributed by atoms with Gasteiger partial charge >= 0.3 is 0 Å². The van der Waals surface area contributed by atoms with Crippen LogP contribution in [0.5, 0.6) is 0 Å². The molecule has 0 atom stereocenters. The fourth-order valence-electron chi connectivity index (χ4n) is 2.93. The lowest BCUT2D eigenvalue weighted by atomic mass is 10.2. The Hall–Kier alpha value is -2.05. The Labute approximate surface area is 158 Å². The van der Waals surface area contributed by atoms with Crippen molar-refractivity contribution in [2.75, 3.05) is 12.3 Å². The molecule has 0 saturated carbocycles. The van der Waals surface area contributed by atoms with Crippen LogP contribution in [0.1, 0.15) is 16.2 Å². The summed E-state index contributed by atoms with van der Waals surface area (Å²) in [6.45, 7) is 0.709. The molecule has 126 valence electrons. The highest BCUT2D eigenvalue weighted by Gasteiger charge is 2.26. The Bertz CT molecular complexity index is 995. The summed E-state index contributed by atoms with van der Waals surface area (Å²) >= 11 is 5.17. The average molecular weight is 414 g/mol. The maximum absolute atomic E-state index is 12.9. The Morgan fingerprint density at radius 1 is 1.20 bits per heavy atom. The first-order chi connectivity index (χ1) is 12.1. The van der Waals surface area contributed by atoms with Crippen LogP contribution in [0, 0.1) is 0 Å². The minimum atomic E-state index is 0.0162. The SMILES string of the molecule is Cn1c(/C=C2/SCCN2C(=O)c2ccccc2Br)nc2ccccc21. The molecular formula is C19H16BrN3OS. The normalized spacial score (nSPS) is 16.1. The van der Waals surface area contributed by atoms with Crippen LogP contribution >= 0.6 is 27.7 Å². The number of amides is 1. The van der Waals surface area contributed by atoms with Crippen molar-refractivity contribution in [2.24, 2.45) is 7.05 Å². The van der Waals surface area contributed by atoms with Crippen LogP contribution in [0.25, 0.3) is 17.1 Å². The number of nitrogens with zero attached hydrogens (tertiary/aromatic N) is 3. The summed E-state index contributed by atoms with van der Waals surface area (Å²) in [6, 6.07) is 15.6. The molecule has 3 aromatic rings. The number of halogens is 1. The van der Waals surface area contributed by atoms with Crippen molar-refractivity contribution < 1.29 is 4.79 Å². The first kappa shape index (κ1) is 16.4. The van der Waals surface area contributed by atoms with Crippen LogP contribution in [0.15, 0.2) is 58.0 Å². The Balaban J connectivity index is 1.71. The summed E-state index contributed by atoms with van der Waals surface area (Å²) in [7, 11) is 2.00. The number of aromatic nitrogens is 2. The monoisotopic (exact) mass is 413 g/mol. The minimum Gasteiger partial charge on any atom is -0.328 e. The van der Waals surface area contributed by atoms with E-state index in [2.05, 4.69) is 31.5 Å². The van der Waals surface area contributed by atoms with Gasteiger partial charge in [-0.05, 0) is 40.2 Å². The number of rotatable bonds is 2. The summed E-state index contributed by atoms with van der Waals surface area (Å²) in [5.41, 5.74) is 2.73. The molecule has 4 nitrogen and oxygen atoms in total. The third-order valence-corrected chi connectivity index (χ3v) is 5.97. The molecule has 0 N–H and O–H groups in total. The highest BCUT2D eigenvalue weighted by Crippen LogP contribution is 2.32. The number of thioether (sulfide) groups is 1. The second kappa shape index (κ2) is 6.69. The molecule has 2 heterocycles. The molecule has 1 aromatic heterocycles. The van der Waals surface area contributed by atoms with Crippen LogP contribution in [-0.4, -0.2) is 32.7 Å². The Kier molecular flexibility index (Phi) is 4.39. The van der Waals surface area contributed by atoms with Crippen molar-refractivity contribution in [1.29, 1.82) is 0 Å². The van der Waals surface area contributed by atoms with Crippen LogP contribution in [0.3, 0.4) is 0 Å². The summed E-state index contributed by atoms with van der Waals surface area (Å²) in [4.78, 5) is 19.5. The van der Waals surface area contributed by atoms with Crippen molar-refractivity contribution in [1.82, 2.24) is 14.5 Å². The van der Waals surface area contributed by atoms with E-state index in [0.29, 0.717) is 12.1 Å². The minimum absolute atomic E-state index is 0.0162. The van der Waals surface area contributed by atoms with Crippen molar-refractivity contribution in [3.8, 4) is 0 Å². The van der Waals surface area contributed by atoms with Crippen LogP contribution in [-0.2, 0) is 7.05 Å². The number of fused-ring (bicyclic) bond motifs is 1. The van der Waals surface area contributed by atoms with Gasteiger partial charge in [0.2, 0.25) is 0 Å². The predicted octanol–water partition coefficient (Wildman–Crippen LogP) is 4.52. The lowest BCUT2D eigenvalue weighted by Crippen LogP contribution is -2.27. The number of carbonyl (C=O) groups excluding carboxylic acids is 1. The quantitative estimate of drug-likeness (QED) is 0.619. The van der Waals surface area contributed by atoms with Gasteiger partial charge in [0.1, 0.15) is 5.82 Å². The van der Waals surface area contributed by atoms with Crippen LogP contribution in [0.2, 0.25) is 0 Å². The molecule has 0 bridgehead atoms. The van der Waals surface area contributed by atoms with Crippen LogP contribution in [0.4, 0.5) is 0 Å². The van der Waals surface area contributed by atoms with Gasteiger partial charge in [0.15, 0.2) is 0 Å². The van der Waals surface area contributed by atoms with Gasteiger partial charge in [-0.1, -0.05) is 24.3 Å². The van der Waals surface area contributed by atoms with Crippen molar-refractivity contribution in [3.63, 3.8) is 0 Å². The fourth-order valence-corrected chi connectivity index (χ4v) is 4.39. The molecule has 0 unspecified atom stereocenters. The van der Waals surface area contributed by atoms with E-state index in [0.717, 1.165) is 32.1 Å². The smallest absolute Gasteiger partial charge is 0.259 e. The van der Waals surface area contributed by atoms with E-state index >= 15 is 0 Å². The maximum Gasteiger partial charge on any atom is 0.259 e. The number of imidazole rings is 1. The second-order valence-corrected chi connectivity index (χ2v) is 7.75. The molecule has 2 aromatic carbocycles. The standard InChI is InChI=1S/C19H16BrN3OS/c1-22-16-9-5-4-8-15(16)21-17(22)12-18-23(10-11-25-18)19(24)13-6-2-3-7-14(13)20/h2-9,12H,10-11H2,1H3/b18-12+. The maximum atomic E-state index is 12.9. The van der Waals surface area contributed by atoms with Crippen molar-refractivity contribution >= 4 is 50.7 Å². The molecular weight excluding hydrogens is 398 g/mol. The molecule has 4 rings (SSSR count). The Morgan fingerprint density at radius 2 is 1.96 bits per heavy atom. The van der Waals surface area contributed by atoms with E-state index in [4.69, 9.17) is 0 Å². The van der Waals surface area contributed by atoms with Gasteiger partial charge in [0.25, 0.3) is 5.91 Å². The molecule has 0 aliphatic carbocycles. The predicted molar refractivity (Wildman–Crippen MR) is 106 cm³/mol. The van der Waals surface area contributed by atoms with E-state index in [-0.39, 0.29) is 5.91 Å². The highest BCUT2D eigenvalue weighted by molar-refractivity contribution is 9.10. The van der Waals surface area contributed by atoms with Crippen LogP contribution < -0.4 is 0 Å². The van der Waals surface area contributed by atoms with Gasteiger partial charge in [-0.3, -0.25) is 4.79 Å². The van der Waals surface area contributed by atoms with Gasteiger partial charge in [0, 0.05) is 29.9 Å². The van der Waals surface area contributed by atoms with E-state index in [1.165, 1.54) is 0 Å². The first-order valence-electron chi connectivity index (χ1n) is 7.97. The lowest BCUT2D eigenvalue weighted by molar-refractivity contribution is 0.0830. The number of carbonyl (C=O) groups is 1. The molecule has 6 heteroatoms. The van der Waals surface area contributed by atoms with Crippen molar-refractivity contribution in [2.45, 2.75) is 0 Å². The first-order valence-corrected chi connectivity index (χ1v) is 9.75. The van der Waals surface area contributed by atoms with Gasteiger partial charge in [-0.25, -0.2) is 4.98 Å². The zero-order valence-electron chi connectivity index (χ0n) is 13.6. The number of benzene rings is 2. The number of para-hydroxylation sites is 2. The summed E-state index contributed by atoms with van der Waals surface area (Å²) in [6.07, 6.45) is 2.01. The number of hydrogen-bond acceptors (Lipinski definition) is 3. The molecule has 1 aliphatic rings. The van der Waals surface area contributed by atoms with Gasteiger partial charge < -0.3 is 9.47 Å². The lowest BCUT2D eigenvalue weighted by Gasteiger charge is -2.17. The summed E-state index contributed by atoms with van der Waals surface area (Å²) in [5, 5.41) is 0.944. The van der Waals surface area contributed by atoms with Gasteiger partial charge in [-0.15, -0.1) is 11.8 Å². The molecule has 1 fully saturated rings. The molecule has 0 spiro atoms. The van der Waals surface area contributed by atoms with E-state index in [1.807, 2.05) is 60.5 Å². The zero-order valence-corrected chi connectivity index (χ0v) is 16.0. The highest BCUT2D eigenvalue weighted by atomic mass is 79.9. The largest absolute Gasteiger partial charge is 0.328 e. The Morgan fingerprint density at radius 3 is 2.76 bits per heavy atom. The third-order valence-electron chi connectivity index (χ3n) is 4.25. The number of aryl methyl sites for hydroxylation is 1. The third kappa shape index (κ3) is 3.00. The average Bonchev–Trinajstić information content (AvgIpc) is 3.21. The van der Waals surface area contributed by atoms with E-state index in [9.17, 15) is 4.79 Å². The summed E-state index contributed by atoms with van der Waals surface area (Å²) in [5.74, 6) is 1.77. The van der Waals surface area contributed by atoms with Crippen molar-refractivity contribution in [3.05, 3.63) is 69.4 Å². The molecule has 1 amide bonds. The molecule has 1 aliphatic heterocycles.